The lowest BCUT2D eigenvalue weighted by Crippen LogP contribution is -2.42. The SMILES string of the molecule is O=C(NCc1cccc(NC(=O)C2CCC2)c1)C1=CC=CN2CCS(=O)(=O)N=C12. The second kappa shape index (κ2) is 7.82. The summed E-state index contributed by atoms with van der Waals surface area (Å²) in [4.78, 5) is 26.4. The Morgan fingerprint density at radius 1 is 1.24 bits per heavy atom. The number of amides is 2. The highest BCUT2D eigenvalue weighted by atomic mass is 32.2. The molecule has 9 heteroatoms. The molecule has 1 aliphatic carbocycles. The van der Waals surface area contributed by atoms with Gasteiger partial charge in [0.1, 0.15) is 0 Å². The van der Waals surface area contributed by atoms with E-state index in [0.29, 0.717) is 5.69 Å². The van der Waals surface area contributed by atoms with Gasteiger partial charge in [0.25, 0.3) is 15.9 Å². The molecular formula is C20H22N4O4S. The fourth-order valence-electron chi connectivity index (χ4n) is 3.34. The second-order valence-electron chi connectivity index (χ2n) is 7.32. The third-order valence-corrected chi connectivity index (χ3v) is 6.38. The van der Waals surface area contributed by atoms with Gasteiger partial charge in [-0.15, -0.1) is 4.40 Å². The summed E-state index contributed by atoms with van der Waals surface area (Å²) in [6, 6.07) is 7.31. The van der Waals surface area contributed by atoms with Crippen molar-refractivity contribution < 1.29 is 18.0 Å². The molecule has 0 aromatic heterocycles. The number of rotatable bonds is 5. The molecule has 2 amide bonds. The molecule has 0 radical (unpaired) electrons. The third kappa shape index (κ3) is 4.40. The van der Waals surface area contributed by atoms with Crippen molar-refractivity contribution in [1.29, 1.82) is 0 Å². The van der Waals surface area contributed by atoms with Gasteiger partial charge in [0.2, 0.25) is 5.91 Å². The van der Waals surface area contributed by atoms with Crippen molar-refractivity contribution in [2.75, 3.05) is 17.6 Å². The molecule has 2 N–H and O–H groups in total. The van der Waals surface area contributed by atoms with Crippen LogP contribution in [0.3, 0.4) is 0 Å². The summed E-state index contributed by atoms with van der Waals surface area (Å²) in [5, 5.41) is 5.72. The molecule has 0 atom stereocenters. The van der Waals surface area contributed by atoms with Crippen LogP contribution < -0.4 is 10.6 Å². The Labute approximate surface area is 169 Å². The van der Waals surface area contributed by atoms with Crippen LogP contribution in [-0.4, -0.2) is 43.3 Å². The Kier molecular flexibility index (Phi) is 5.23. The minimum Gasteiger partial charge on any atom is -0.348 e. The van der Waals surface area contributed by atoms with Crippen LogP contribution in [0.2, 0.25) is 0 Å². The van der Waals surface area contributed by atoms with E-state index in [1.165, 1.54) is 0 Å². The Balaban J connectivity index is 1.41. The minimum atomic E-state index is -3.56. The number of benzene rings is 1. The van der Waals surface area contributed by atoms with Gasteiger partial charge in [0.15, 0.2) is 5.84 Å². The first-order valence-electron chi connectivity index (χ1n) is 9.57. The standard InChI is InChI=1S/C20H22N4O4S/c25-19(15-5-2-6-15)22-16-7-1-4-14(12-16)13-21-20(26)17-8-3-9-24-10-11-29(27,28)23-18(17)24/h1,3-4,7-9,12,15H,2,5-6,10-11,13H2,(H,21,26)(H,22,25). The van der Waals surface area contributed by atoms with Crippen molar-refractivity contribution in [3.05, 3.63) is 53.8 Å². The van der Waals surface area contributed by atoms with E-state index in [1.807, 2.05) is 24.3 Å². The number of anilines is 1. The third-order valence-electron chi connectivity index (χ3n) is 5.23. The van der Waals surface area contributed by atoms with Crippen molar-refractivity contribution in [2.45, 2.75) is 25.8 Å². The van der Waals surface area contributed by atoms with Crippen molar-refractivity contribution in [2.24, 2.45) is 10.3 Å². The van der Waals surface area contributed by atoms with E-state index < -0.39 is 15.9 Å². The van der Waals surface area contributed by atoms with E-state index >= 15 is 0 Å². The quantitative estimate of drug-likeness (QED) is 0.760. The molecule has 8 nitrogen and oxygen atoms in total. The number of allylic oxidation sites excluding steroid dienone is 2. The monoisotopic (exact) mass is 414 g/mol. The molecule has 0 unspecified atom stereocenters. The highest BCUT2D eigenvalue weighted by molar-refractivity contribution is 7.90. The summed E-state index contributed by atoms with van der Waals surface area (Å²) in [5.41, 5.74) is 1.74. The number of amidine groups is 1. The topological polar surface area (TPSA) is 108 Å². The molecule has 2 heterocycles. The number of hydrogen-bond donors (Lipinski definition) is 2. The van der Waals surface area contributed by atoms with E-state index in [-0.39, 0.29) is 42.1 Å². The molecule has 2 aliphatic heterocycles. The Morgan fingerprint density at radius 2 is 2.07 bits per heavy atom. The zero-order valence-corrected chi connectivity index (χ0v) is 16.6. The van der Waals surface area contributed by atoms with Gasteiger partial charge in [-0.25, -0.2) is 8.42 Å². The fourth-order valence-corrected chi connectivity index (χ4v) is 4.33. The Bertz CT molecular complexity index is 1040. The van der Waals surface area contributed by atoms with Crippen LogP contribution in [0, 0.1) is 5.92 Å². The molecule has 4 rings (SSSR count). The number of hydrogen-bond acceptors (Lipinski definition) is 5. The first kappa shape index (κ1) is 19.4. The van der Waals surface area contributed by atoms with Gasteiger partial charge in [-0.1, -0.05) is 18.6 Å². The number of nitrogens with one attached hydrogen (secondary N) is 2. The minimum absolute atomic E-state index is 0.0354. The molecule has 152 valence electrons. The molecule has 1 fully saturated rings. The first-order chi connectivity index (χ1) is 13.9. The van der Waals surface area contributed by atoms with Crippen LogP contribution in [0.25, 0.3) is 0 Å². The van der Waals surface area contributed by atoms with E-state index in [9.17, 15) is 18.0 Å². The predicted octanol–water partition coefficient (Wildman–Crippen LogP) is 1.54. The molecule has 1 aromatic rings. The first-order valence-corrected chi connectivity index (χ1v) is 11.2. The average Bonchev–Trinajstić information content (AvgIpc) is 2.64. The van der Waals surface area contributed by atoms with Gasteiger partial charge in [0, 0.05) is 30.9 Å². The highest BCUT2D eigenvalue weighted by Gasteiger charge is 2.30. The zero-order valence-electron chi connectivity index (χ0n) is 15.8. The second-order valence-corrected chi connectivity index (χ2v) is 9.07. The number of nitrogens with zero attached hydrogens (tertiary/aromatic N) is 2. The number of carbonyl (C=O) groups is 2. The lowest BCUT2D eigenvalue weighted by atomic mass is 9.85. The van der Waals surface area contributed by atoms with Gasteiger partial charge in [0.05, 0.1) is 11.3 Å². The smallest absolute Gasteiger partial charge is 0.256 e. The van der Waals surface area contributed by atoms with E-state index in [0.717, 1.165) is 24.8 Å². The van der Waals surface area contributed by atoms with Crippen molar-refractivity contribution >= 4 is 33.4 Å². The summed E-state index contributed by atoms with van der Waals surface area (Å²) in [6.45, 7) is 0.512. The number of carbonyl (C=O) groups excluding carboxylic acids is 2. The van der Waals surface area contributed by atoms with Crippen molar-refractivity contribution in [3.8, 4) is 0 Å². The number of sulfonamides is 1. The predicted molar refractivity (Wildman–Crippen MR) is 109 cm³/mol. The summed E-state index contributed by atoms with van der Waals surface area (Å²) in [7, 11) is -3.56. The fraction of sp³-hybridized carbons (Fsp3) is 0.350. The maximum atomic E-state index is 12.7. The molecule has 1 saturated carbocycles. The van der Waals surface area contributed by atoms with Gasteiger partial charge < -0.3 is 15.5 Å². The lowest BCUT2D eigenvalue weighted by molar-refractivity contribution is -0.122. The van der Waals surface area contributed by atoms with Gasteiger partial charge in [-0.2, -0.15) is 0 Å². The maximum Gasteiger partial charge on any atom is 0.256 e. The average molecular weight is 414 g/mol. The van der Waals surface area contributed by atoms with Crippen molar-refractivity contribution in [3.63, 3.8) is 0 Å². The highest BCUT2D eigenvalue weighted by Crippen LogP contribution is 2.27. The van der Waals surface area contributed by atoms with Crippen LogP contribution in [0.15, 0.2) is 52.6 Å². The van der Waals surface area contributed by atoms with E-state index in [4.69, 9.17) is 0 Å². The van der Waals surface area contributed by atoms with Crippen molar-refractivity contribution in [1.82, 2.24) is 10.2 Å². The summed E-state index contributed by atoms with van der Waals surface area (Å²) < 4.78 is 27.4. The normalized spacial score (nSPS) is 20.1. The van der Waals surface area contributed by atoms with Crippen LogP contribution in [0.1, 0.15) is 24.8 Å². The van der Waals surface area contributed by atoms with E-state index in [1.54, 1.807) is 23.3 Å². The molecule has 3 aliphatic rings. The number of fused-ring (bicyclic) bond motifs is 1. The molecule has 0 saturated heterocycles. The van der Waals surface area contributed by atoms with Crippen LogP contribution in [-0.2, 0) is 26.2 Å². The van der Waals surface area contributed by atoms with Crippen LogP contribution >= 0.6 is 0 Å². The van der Waals surface area contributed by atoms with Crippen LogP contribution in [0.5, 0.6) is 0 Å². The van der Waals surface area contributed by atoms with Gasteiger partial charge in [-0.3, -0.25) is 9.59 Å². The van der Waals surface area contributed by atoms with Gasteiger partial charge in [-0.05, 0) is 42.7 Å². The molecule has 0 bridgehead atoms. The Hall–Kier alpha value is -2.94. The zero-order chi connectivity index (χ0) is 20.4. The van der Waals surface area contributed by atoms with E-state index in [2.05, 4.69) is 15.0 Å². The van der Waals surface area contributed by atoms with Gasteiger partial charge >= 0.3 is 0 Å². The molecule has 0 spiro atoms. The summed E-state index contributed by atoms with van der Waals surface area (Å²) in [6.07, 6.45) is 7.92. The summed E-state index contributed by atoms with van der Waals surface area (Å²) in [5.74, 6) is -0.194. The molecule has 29 heavy (non-hydrogen) atoms. The Morgan fingerprint density at radius 3 is 2.83 bits per heavy atom. The summed E-state index contributed by atoms with van der Waals surface area (Å²) >= 11 is 0. The molecular weight excluding hydrogens is 392 g/mol. The molecule has 1 aromatic carbocycles. The lowest BCUT2D eigenvalue weighted by Gasteiger charge is -2.28. The largest absolute Gasteiger partial charge is 0.348 e. The maximum absolute atomic E-state index is 12.7. The van der Waals surface area contributed by atoms with Crippen LogP contribution in [0.4, 0.5) is 5.69 Å².